The second kappa shape index (κ2) is 5.99. The number of hydrogen-bond acceptors (Lipinski definition) is 4. The highest BCUT2D eigenvalue weighted by Crippen LogP contribution is 2.24. The van der Waals surface area contributed by atoms with Crippen LogP contribution in [0.4, 0.5) is 0 Å². The van der Waals surface area contributed by atoms with E-state index in [0.717, 1.165) is 18.1 Å². The van der Waals surface area contributed by atoms with Crippen LogP contribution in [-0.2, 0) is 8.54 Å². The third-order valence-electron chi connectivity index (χ3n) is 2.61. The summed E-state index contributed by atoms with van der Waals surface area (Å²) in [6.07, 6.45) is 0. The monoisotopic (exact) mass is 238 g/mol. The Bertz CT molecular complexity index is 151. The maximum atomic E-state index is 9.53. The number of hydrogen-bond donors (Lipinski definition) is 2. The van der Waals surface area contributed by atoms with Crippen LogP contribution in [0.5, 0.6) is 0 Å². The van der Waals surface area contributed by atoms with E-state index in [-0.39, 0.29) is 6.61 Å². The molecule has 14 heavy (non-hydrogen) atoms. The van der Waals surface area contributed by atoms with Gasteiger partial charge in [0.25, 0.3) is 0 Å². The molecule has 0 amide bonds. The minimum atomic E-state index is -3.84. The molecular weight excluding hydrogens is 216 g/mol. The molecule has 0 saturated carbocycles. The molecule has 0 heterocycles. The summed E-state index contributed by atoms with van der Waals surface area (Å²) in [6.45, 7) is 8.12. The Kier molecular flexibility index (Phi) is 6.11. The van der Waals surface area contributed by atoms with Gasteiger partial charge in [-0.1, -0.05) is 20.8 Å². The van der Waals surface area contributed by atoms with E-state index in [2.05, 4.69) is 0 Å². The van der Waals surface area contributed by atoms with E-state index in [1.54, 1.807) is 6.92 Å². The molecule has 0 aliphatic heterocycles. The molecule has 0 aliphatic carbocycles. The molecule has 0 aromatic carbocycles. The second-order valence-electron chi connectivity index (χ2n) is 3.33. The molecule has 2 N–H and O–H groups in total. The zero-order chi connectivity index (χ0) is 11.2. The molecule has 6 heteroatoms. The summed E-state index contributed by atoms with van der Waals surface area (Å²) in [7, 11) is -5.79. The fraction of sp³-hybridized carbons (Fsp3) is 1.00. The lowest BCUT2D eigenvalue weighted by molar-refractivity contribution is 0.0738. The predicted molar refractivity (Wildman–Crippen MR) is 60.1 cm³/mol. The van der Waals surface area contributed by atoms with Gasteiger partial charge in [0.2, 0.25) is 0 Å². The quantitative estimate of drug-likeness (QED) is 0.659. The first-order valence-electron chi connectivity index (χ1n) is 5.24. The molecule has 0 bridgehead atoms. The molecule has 0 rings (SSSR count). The molecule has 0 aromatic rings. The zero-order valence-electron chi connectivity index (χ0n) is 9.54. The van der Waals surface area contributed by atoms with Crippen molar-refractivity contribution in [2.24, 2.45) is 0 Å². The summed E-state index contributed by atoms with van der Waals surface area (Å²) in [5.74, 6) is 0. The Morgan fingerprint density at radius 1 is 0.929 bits per heavy atom. The lowest BCUT2D eigenvalue weighted by Crippen LogP contribution is -2.53. The van der Waals surface area contributed by atoms with Gasteiger partial charge in [0.1, 0.15) is 0 Å². The maximum absolute atomic E-state index is 9.53. The first-order chi connectivity index (χ1) is 6.45. The molecule has 86 valence electrons. The second-order valence-corrected chi connectivity index (χ2v) is 10.0. The van der Waals surface area contributed by atoms with Crippen molar-refractivity contribution >= 4 is 17.4 Å². The van der Waals surface area contributed by atoms with Crippen LogP contribution < -0.4 is 0 Å². The normalized spacial score (nSPS) is 13.3. The molecule has 0 saturated heterocycles. The lowest BCUT2D eigenvalue weighted by atomic mass is 10.9. The molecule has 4 nitrogen and oxygen atoms in total. The van der Waals surface area contributed by atoms with Gasteiger partial charge in [0, 0.05) is 6.61 Å². The van der Waals surface area contributed by atoms with Crippen LogP contribution in [0.3, 0.4) is 0 Å². The molecule has 0 radical (unpaired) electrons. The topological polar surface area (TPSA) is 58.9 Å². The van der Waals surface area contributed by atoms with Crippen LogP contribution in [0.15, 0.2) is 0 Å². The van der Waals surface area contributed by atoms with Gasteiger partial charge in [0.15, 0.2) is 8.32 Å². The fourth-order valence-corrected chi connectivity index (χ4v) is 7.57. The van der Waals surface area contributed by atoms with Gasteiger partial charge in [-0.05, 0) is 25.1 Å². The van der Waals surface area contributed by atoms with Crippen molar-refractivity contribution in [2.45, 2.75) is 45.8 Å². The van der Waals surface area contributed by atoms with Crippen molar-refractivity contribution in [3.05, 3.63) is 0 Å². The van der Waals surface area contributed by atoms with Gasteiger partial charge in [-0.3, -0.25) is 0 Å². The van der Waals surface area contributed by atoms with Crippen molar-refractivity contribution < 1.29 is 18.1 Å². The van der Waals surface area contributed by atoms with Crippen LogP contribution in [0.1, 0.15) is 27.7 Å². The SMILES string of the molecule is CCO[Si](O)(O)O[Si](CC)(CC)CC. The standard InChI is InChI=1S/C8H22O4Si2/c1-5-11-14(9,10)12-13(6-2,7-3)8-4/h9-10H,5-8H2,1-4H3. The molecule has 0 aliphatic rings. The summed E-state index contributed by atoms with van der Waals surface area (Å²) in [4.78, 5) is 19.1. The molecule has 0 fully saturated rings. The van der Waals surface area contributed by atoms with Gasteiger partial charge in [-0.2, -0.15) is 0 Å². The van der Waals surface area contributed by atoms with Crippen LogP contribution in [0.2, 0.25) is 18.1 Å². The highest BCUT2D eigenvalue weighted by Gasteiger charge is 2.45. The fourth-order valence-electron chi connectivity index (χ4n) is 1.47. The van der Waals surface area contributed by atoms with Gasteiger partial charge < -0.3 is 18.1 Å². The van der Waals surface area contributed by atoms with Crippen LogP contribution >= 0.6 is 0 Å². The van der Waals surface area contributed by atoms with E-state index in [0.29, 0.717) is 0 Å². The molecular formula is C8H22O4Si2. The molecule has 0 atom stereocenters. The van der Waals surface area contributed by atoms with Crippen LogP contribution in [0, 0.1) is 0 Å². The van der Waals surface area contributed by atoms with Crippen LogP contribution in [0.25, 0.3) is 0 Å². The molecule has 0 unspecified atom stereocenters. The minimum Gasteiger partial charge on any atom is -0.394 e. The van der Waals surface area contributed by atoms with Gasteiger partial charge >= 0.3 is 9.05 Å². The summed E-state index contributed by atoms with van der Waals surface area (Å²) < 4.78 is 10.3. The summed E-state index contributed by atoms with van der Waals surface area (Å²) in [6, 6.07) is 2.68. The number of rotatable bonds is 7. The third-order valence-corrected chi connectivity index (χ3v) is 9.94. The maximum Gasteiger partial charge on any atom is 0.663 e. The van der Waals surface area contributed by atoms with Crippen molar-refractivity contribution in [2.75, 3.05) is 6.61 Å². The van der Waals surface area contributed by atoms with Crippen molar-refractivity contribution in [3.63, 3.8) is 0 Å². The van der Waals surface area contributed by atoms with E-state index in [4.69, 9.17) is 8.54 Å². The van der Waals surface area contributed by atoms with Crippen molar-refractivity contribution in [1.82, 2.24) is 0 Å². The average molecular weight is 238 g/mol. The van der Waals surface area contributed by atoms with E-state index in [1.807, 2.05) is 20.8 Å². The lowest BCUT2D eigenvalue weighted by Gasteiger charge is -2.32. The van der Waals surface area contributed by atoms with Gasteiger partial charge in [-0.25, -0.2) is 0 Å². The summed E-state index contributed by atoms with van der Waals surface area (Å²) in [5, 5.41) is 0. The molecule has 0 spiro atoms. The Hall–Kier alpha value is 0.274. The Morgan fingerprint density at radius 2 is 1.36 bits per heavy atom. The van der Waals surface area contributed by atoms with E-state index in [1.165, 1.54) is 0 Å². The van der Waals surface area contributed by atoms with Gasteiger partial charge in [0.05, 0.1) is 0 Å². The highest BCUT2D eigenvalue weighted by molar-refractivity contribution is 6.80. The van der Waals surface area contributed by atoms with Crippen molar-refractivity contribution in [1.29, 1.82) is 0 Å². The van der Waals surface area contributed by atoms with Crippen LogP contribution in [-0.4, -0.2) is 33.6 Å². The first kappa shape index (κ1) is 14.3. The largest absolute Gasteiger partial charge is 0.663 e. The minimum absolute atomic E-state index is 0.279. The first-order valence-corrected chi connectivity index (χ1v) is 9.48. The Balaban J connectivity index is 4.41. The Labute approximate surface area is 88.5 Å². The smallest absolute Gasteiger partial charge is 0.394 e. The third kappa shape index (κ3) is 4.20. The highest BCUT2D eigenvalue weighted by atomic mass is 28.5. The van der Waals surface area contributed by atoms with Gasteiger partial charge in [-0.15, -0.1) is 0 Å². The Morgan fingerprint density at radius 3 is 1.64 bits per heavy atom. The van der Waals surface area contributed by atoms with Crippen molar-refractivity contribution in [3.8, 4) is 0 Å². The molecule has 0 aromatic heterocycles. The summed E-state index contributed by atoms with van der Waals surface area (Å²) in [5.41, 5.74) is 0. The van der Waals surface area contributed by atoms with E-state index >= 15 is 0 Å². The average Bonchev–Trinajstić information content (AvgIpc) is 2.14. The predicted octanol–water partition coefficient (Wildman–Crippen LogP) is 1.46. The summed E-state index contributed by atoms with van der Waals surface area (Å²) >= 11 is 0. The van der Waals surface area contributed by atoms with E-state index < -0.39 is 17.4 Å². The van der Waals surface area contributed by atoms with E-state index in [9.17, 15) is 9.59 Å². The zero-order valence-corrected chi connectivity index (χ0v) is 11.5.